The lowest BCUT2D eigenvalue weighted by molar-refractivity contribution is 0.0954. The fourth-order valence-electron chi connectivity index (χ4n) is 1.78. The number of carbonyl (C=O) groups is 1. The van der Waals surface area contributed by atoms with Gasteiger partial charge in [-0.15, -0.1) is 0 Å². The van der Waals surface area contributed by atoms with Crippen molar-refractivity contribution in [1.82, 2.24) is 35.5 Å². The summed E-state index contributed by atoms with van der Waals surface area (Å²) in [6, 6.07) is 1.61. The normalized spacial score (nSPS) is 10.5. The highest BCUT2D eigenvalue weighted by Crippen LogP contribution is 2.13. The topological polar surface area (TPSA) is 121 Å². The van der Waals surface area contributed by atoms with Crippen molar-refractivity contribution in [2.75, 3.05) is 18.4 Å². The number of carbonyl (C=O) groups excluding carboxylic acids is 1. The molecule has 0 aromatic carbocycles. The van der Waals surface area contributed by atoms with Gasteiger partial charge >= 0.3 is 0 Å². The van der Waals surface area contributed by atoms with Gasteiger partial charge in [0.25, 0.3) is 5.91 Å². The molecule has 106 valence electrons. The third-order valence-corrected chi connectivity index (χ3v) is 2.77. The van der Waals surface area contributed by atoms with E-state index in [2.05, 4.69) is 40.8 Å². The SMILES string of the molecule is O=C(NCCNc1ncnc2nc[nH]c12)c1ccnnc1. The summed E-state index contributed by atoms with van der Waals surface area (Å²) in [6.45, 7) is 0.968. The molecule has 9 heteroatoms. The van der Waals surface area contributed by atoms with Crippen LogP contribution < -0.4 is 10.6 Å². The van der Waals surface area contributed by atoms with E-state index in [1.807, 2.05) is 0 Å². The minimum absolute atomic E-state index is 0.193. The van der Waals surface area contributed by atoms with Crippen LogP contribution in [0.1, 0.15) is 10.4 Å². The van der Waals surface area contributed by atoms with E-state index in [1.165, 1.54) is 18.7 Å². The van der Waals surface area contributed by atoms with E-state index in [0.29, 0.717) is 30.1 Å². The van der Waals surface area contributed by atoms with Crippen LogP contribution >= 0.6 is 0 Å². The molecule has 3 aromatic heterocycles. The third kappa shape index (κ3) is 2.91. The Morgan fingerprint density at radius 3 is 3.00 bits per heavy atom. The maximum absolute atomic E-state index is 11.8. The zero-order chi connectivity index (χ0) is 14.5. The Morgan fingerprint density at radius 2 is 2.14 bits per heavy atom. The first-order valence-electron chi connectivity index (χ1n) is 6.27. The summed E-state index contributed by atoms with van der Waals surface area (Å²) >= 11 is 0. The van der Waals surface area contributed by atoms with Gasteiger partial charge in [0.15, 0.2) is 11.5 Å². The Labute approximate surface area is 119 Å². The molecule has 0 fully saturated rings. The standard InChI is InChI=1S/C12H12N8O/c21-12(8-1-2-19-20-5-8)14-4-3-13-10-9-11(16-6-15-9)18-7-17-10/h1-2,5-7H,3-4H2,(H,14,21)(H2,13,15,16,17,18). The van der Waals surface area contributed by atoms with Crippen LogP contribution in [0.15, 0.2) is 31.1 Å². The summed E-state index contributed by atoms with van der Waals surface area (Å²) in [4.78, 5) is 26.9. The molecule has 1 amide bonds. The number of aromatic nitrogens is 6. The lowest BCUT2D eigenvalue weighted by Crippen LogP contribution is -2.29. The van der Waals surface area contributed by atoms with E-state index in [4.69, 9.17) is 0 Å². The molecule has 3 rings (SSSR count). The van der Waals surface area contributed by atoms with Crippen LogP contribution in [0.25, 0.3) is 11.2 Å². The van der Waals surface area contributed by atoms with Gasteiger partial charge in [0.05, 0.1) is 24.3 Å². The molecule has 0 bridgehead atoms. The molecule has 0 unspecified atom stereocenters. The zero-order valence-electron chi connectivity index (χ0n) is 10.9. The molecule has 9 nitrogen and oxygen atoms in total. The molecule has 0 aliphatic heterocycles. The van der Waals surface area contributed by atoms with Gasteiger partial charge in [0.1, 0.15) is 11.8 Å². The second kappa shape index (κ2) is 5.90. The molecule has 0 aliphatic carbocycles. The highest BCUT2D eigenvalue weighted by atomic mass is 16.1. The van der Waals surface area contributed by atoms with Gasteiger partial charge in [-0.3, -0.25) is 4.79 Å². The number of hydrogen-bond acceptors (Lipinski definition) is 7. The monoisotopic (exact) mass is 284 g/mol. The van der Waals surface area contributed by atoms with E-state index >= 15 is 0 Å². The zero-order valence-corrected chi connectivity index (χ0v) is 10.9. The second-order valence-electron chi connectivity index (χ2n) is 4.14. The number of nitrogens with zero attached hydrogens (tertiary/aromatic N) is 5. The highest BCUT2D eigenvalue weighted by Gasteiger charge is 2.06. The van der Waals surface area contributed by atoms with Gasteiger partial charge < -0.3 is 15.6 Å². The van der Waals surface area contributed by atoms with Gasteiger partial charge in [-0.1, -0.05) is 0 Å². The van der Waals surface area contributed by atoms with Gasteiger partial charge in [0, 0.05) is 13.1 Å². The minimum Gasteiger partial charge on any atom is -0.366 e. The fraction of sp³-hybridized carbons (Fsp3) is 0.167. The number of aromatic amines is 1. The van der Waals surface area contributed by atoms with Gasteiger partial charge in [0.2, 0.25) is 0 Å². The van der Waals surface area contributed by atoms with Crippen LogP contribution in [-0.2, 0) is 0 Å². The molecule has 0 saturated heterocycles. The van der Waals surface area contributed by atoms with Crippen LogP contribution in [0.5, 0.6) is 0 Å². The van der Waals surface area contributed by atoms with Crippen LogP contribution in [0.2, 0.25) is 0 Å². The number of H-pyrrole nitrogens is 1. The number of amides is 1. The fourth-order valence-corrected chi connectivity index (χ4v) is 1.78. The van der Waals surface area contributed by atoms with Gasteiger partial charge in [-0.2, -0.15) is 10.2 Å². The number of anilines is 1. The highest BCUT2D eigenvalue weighted by molar-refractivity contribution is 5.93. The van der Waals surface area contributed by atoms with Crippen LogP contribution in [0.3, 0.4) is 0 Å². The molecule has 0 saturated carbocycles. The lowest BCUT2D eigenvalue weighted by atomic mass is 10.3. The molecule has 0 spiro atoms. The second-order valence-corrected chi connectivity index (χ2v) is 4.14. The summed E-state index contributed by atoms with van der Waals surface area (Å²) in [5.41, 5.74) is 1.81. The number of rotatable bonds is 5. The van der Waals surface area contributed by atoms with E-state index in [0.717, 1.165) is 5.52 Å². The summed E-state index contributed by atoms with van der Waals surface area (Å²) in [6.07, 6.45) is 5.89. The molecule has 3 heterocycles. The molecule has 3 aromatic rings. The first-order valence-corrected chi connectivity index (χ1v) is 6.27. The molecule has 0 aliphatic rings. The average molecular weight is 284 g/mol. The predicted molar refractivity (Wildman–Crippen MR) is 74.5 cm³/mol. The molecule has 3 N–H and O–H groups in total. The van der Waals surface area contributed by atoms with Gasteiger partial charge in [-0.05, 0) is 6.07 Å². The predicted octanol–water partition coefficient (Wildman–Crippen LogP) is -0.0152. The first-order chi connectivity index (χ1) is 10.3. The Balaban J connectivity index is 1.53. The van der Waals surface area contributed by atoms with Crippen molar-refractivity contribution in [2.24, 2.45) is 0 Å². The quantitative estimate of drug-likeness (QED) is 0.563. The van der Waals surface area contributed by atoms with E-state index in [9.17, 15) is 4.79 Å². The van der Waals surface area contributed by atoms with E-state index < -0.39 is 0 Å². The molecular formula is C12H12N8O. The van der Waals surface area contributed by atoms with E-state index in [1.54, 1.807) is 12.4 Å². The average Bonchev–Trinajstić information content (AvgIpc) is 3.01. The lowest BCUT2D eigenvalue weighted by Gasteiger charge is -2.07. The first kappa shape index (κ1) is 12.9. The number of imidazole rings is 1. The van der Waals surface area contributed by atoms with Crippen molar-refractivity contribution >= 4 is 22.9 Å². The maximum atomic E-state index is 11.8. The van der Waals surface area contributed by atoms with Crippen molar-refractivity contribution in [3.05, 3.63) is 36.7 Å². The molecule has 0 radical (unpaired) electrons. The summed E-state index contributed by atoms with van der Waals surface area (Å²) in [5, 5.41) is 13.2. The molecule has 0 atom stereocenters. The van der Waals surface area contributed by atoms with Crippen LogP contribution in [-0.4, -0.2) is 49.1 Å². The van der Waals surface area contributed by atoms with Crippen LogP contribution in [0.4, 0.5) is 5.82 Å². The van der Waals surface area contributed by atoms with Crippen molar-refractivity contribution in [3.8, 4) is 0 Å². The smallest absolute Gasteiger partial charge is 0.253 e. The van der Waals surface area contributed by atoms with Crippen molar-refractivity contribution in [3.63, 3.8) is 0 Å². The molecular weight excluding hydrogens is 272 g/mol. The van der Waals surface area contributed by atoms with Crippen LogP contribution in [0, 0.1) is 0 Å². The third-order valence-electron chi connectivity index (χ3n) is 2.77. The number of hydrogen-bond donors (Lipinski definition) is 3. The van der Waals surface area contributed by atoms with Crippen molar-refractivity contribution < 1.29 is 4.79 Å². The maximum Gasteiger partial charge on any atom is 0.253 e. The van der Waals surface area contributed by atoms with Crippen molar-refractivity contribution in [2.45, 2.75) is 0 Å². The largest absolute Gasteiger partial charge is 0.366 e. The van der Waals surface area contributed by atoms with Gasteiger partial charge in [-0.25, -0.2) is 15.0 Å². The number of nitrogens with one attached hydrogen (secondary N) is 3. The Bertz CT molecular complexity index is 741. The summed E-state index contributed by atoms with van der Waals surface area (Å²) in [5.74, 6) is 0.457. The summed E-state index contributed by atoms with van der Waals surface area (Å²) in [7, 11) is 0. The summed E-state index contributed by atoms with van der Waals surface area (Å²) < 4.78 is 0. The minimum atomic E-state index is -0.193. The number of fused-ring (bicyclic) bond motifs is 1. The Morgan fingerprint density at radius 1 is 1.19 bits per heavy atom. The Kier molecular flexibility index (Phi) is 3.63. The Hall–Kier alpha value is -3.10. The van der Waals surface area contributed by atoms with Crippen molar-refractivity contribution in [1.29, 1.82) is 0 Å². The van der Waals surface area contributed by atoms with E-state index in [-0.39, 0.29) is 5.91 Å². The molecule has 21 heavy (non-hydrogen) atoms.